The van der Waals surface area contributed by atoms with Gasteiger partial charge < -0.3 is 10.6 Å². The molecule has 0 aliphatic carbocycles. The molecule has 0 radical (unpaired) electrons. The number of sulfonamides is 1. The number of primary sulfonamides is 1. The number of hydrogen-bond acceptors (Lipinski definition) is 7. The number of nitrogens with zero attached hydrogens (tertiary/aromatic N) is 3. The highest BCUT2D eigenvalue weighted by Gasteiger charge is 2.06. The van der Waals surface area contributed by atoms with E-state index in [1.165, 1.54) is 18.5 Å². The number of pyridine rings is 1. The molecule has 1 aromatic carbocycles. The number of nitrogens with two attached hydrogens (primary N) is 1. The van der Waals surface area contributed by atoms with Crippen molar-refractivity contribution >= 4 is 21.7 Å². The van der Waals surface area contributed by atoms with Crippen LogP contribution in [-0.4, -0.2) is 29.9 Å². The van der Waals surface area contributed by atoms with Gasteiger partial charge in [0.25, 0.3) is 0 Å². The van der Waals surface area contributed by atoms with E-state index in [0.29, 0.717) is 25.3 Å². The molecule has 2 aromatic heterocycles. The Bertz CT molecular complexity index is 978. The molecule has 0 amide bonds. The summed E-state index contributed by atoms with van der Waals surface area (Å²) in [7, 11) is -3.66. The zero-order valence-corrected chi connectivity index (χ0v) is 15.4. The zero-order valence-electron chi connectivity index (χ0n) is 14.5. The lowest BCUT2D eigenvalue weighted by molar-refractivity contribution is 0.598. The Labute approximate surface area is 157 Å². The lowest BCUT2D eigenvalue weighted by atomic mass is 10.1. The first-order valence-corrected chi connectivity index (χ1v) is 9.86. The molecular formula is C18H20N6O2S. The van der Waals surface area contributed by atoms with E-state index < -0.39 is 10.0 Å². The van der Waals surface area contributed by atoms with Crippen LogP contribution in [0.25, 0.3) is 0 Å². The number of rotatable bonds is 8. The van der Waals surface area contributed by atoms with Crippen molar-refractivity contribution < 1.29 is 8.42 Å². The lowest BCUT2D eigenvalue weighted by Gasteiger charge is -2.09. The predicted molar refractivity (Wildman–Crippen MR) is 104 cm³/mol. The Morgan fingerprint density at radius 2 is 1.56 bits per heavy atom. The molecule has 9 heteroatoms. The maximum atomic E-state index is 11.3. The molecule has 2 heterocycles. The number of benzene rings is 1. The van der Waals surface area contributed by atoms with Crippen molar-refractivity contribution in [1.82, 2.24) is 15.0 Å². The molecule has 8 nitrogen and oxygen atoms in total. The molecule has 140 valence electrons. The zero-order chi connectivity index (χ0) is 19.1. The van der Waals surface area contributed by atoms with Crippen LogP contribution in [0.2, 0.25) is 0 Å². The second-order valence-corrected chi connectivity index (χ2v) is 7.42. The van der Waals surface area contributed by atoms with Crippen LogP contribution >= 0.6 is 0 Å². The summed E-state index contributed by atoms with van der Waals surface area (Å²) in [5.74, 6) is 1.44. The Hall–Kier alpha value is -3.04. The molecule has 0 spiro atoms. The summed E-state index contributed by atoms with van der Waals surface area (Å²) in [6, 6.07) is 12.2. The molecule has 0 unspecified atom stereocenters. The molecule has 27 heavy (non-hydrogen) atoms. The summed E-state index contributed by atoms with van der Waals surface area (Å²) in [5.41, 5.74) is 2.11. The third-order valence-electron chi connectivity index (χ3n) is 3.86. The SMILES string of the molecule is NS(=O)(=O)c1ccc(CCNc2cc(NCc3ccncc3)ncn2)cc1. The topological polar surface area (TPSA) is 123 Å². The fraction of sp³-hybridized carbons (Fsp3) is 0.167. The Morgan fingerprint density at radius 1 is 0.889 bits per heavy atom. The van der Waals surface area contributed by atoms with E-state index in [2.05, 4.69) is 25.6 Å². The summed E-state index contributed by atoms with van der Waals surface area (Å²) >= 11 is 0. The first-order chi connectivity index (χ1) is 13.0. The van der Waals surface area contributed by atoms with Crippen molar-refractivity contribution in [3.63, 3.8) is 0 Å². The second-order valence-electron chi connectivity index (χ2n) is 5.86. The molecule has 0 saturated heterocycles. The van der Waals surface area contributed by atoms with Crippen LogP contribution in [0.5, 0.6) is 0 Å². The minimum absolute atomic E-state index is 0.111. The smallest absolute Gasteiger partial charge is 0.238 e. The van der Waals surface area contributed by atoms with Crippen molar-refractivity contribution in [2.45, 2.75) is 17.9 Å². The first kappa shape index (κ1) is 18.7. The molecule has 4 N–H and O–H groups in total. The van der Waals surface area contributed by atoms with E-state index in [4.69, 9.17) is 5.14 Å². The Balaban J connectivity index is 1.51. The lowest BCUT2D eigenvalue weighted by Crippen LogP contribution is -2.12. The van der Waals surface area contributed by atoms with E-state index in [0.717, 1.165) is 16.9 Å². The molecule has 0 atom stereocenters. The summed E-state index contributed by atoms with van der Waals surface area (Å²) in [6.07, 6.45) is 5.71. The van der Waals surface area contributed by atoms with Crippen LogP contribution in [0, 0.1) is 0 Å². The van der Waals surface area contributed by atoms with Gasteiger partial charge in [-0.05, 0) is 41.8 Å². The van der Waals surface area contributed by atoms with Gasteiger partial charge in [-0.2, -0.15) is 0 Å². The van der Waals surface area contributed by atoms with Gasteiger partial charge in [0.2, 0.25) is 10.0 Å². The van der Waals surface area contributed by atoms with Gasteiger partial charge in [-0.1, -0.05) is 12.1 Å². The largest absolute Gasteiger partial charge is 0.370 e. The third kappa shape index (κ3) is 5.73. The number of hydrogen-bond donors (Lipinski definition) is 3. The van der Waals surface area contributed by atoms with Crippen molar-refractivity contribution in [3.8, 4) is 0 Å². The molecule has 0 fully saturated rings. The van der Waals surface area contributed by atoms with Gasteiger partial charge in [-0.25, -0.2) is 23.5 Å². The van der Waals surface area contributed by atoms with Gasteiger partial charge in [-0.3, -0.25) is 4.98 Å². The standard InChI is InChI=1S/C18H20N6O2S/c19-27(25,26)16-3-1-14(2-4-16)7-10-21-17-11-18(24-13-23-17)22-12-15-5-8-20-9-6-15/h1-6,8-9,11,13H,7,10,12H2,(H2,19,25,26)(H2,21,22,23,24). The van der Waals surface area contributed by atoms with Gasteiger partial charge in [0.1, 0.15) is 18.0 Å². The van der Waals surface area contributed by atoms with E-state index in [9.17, 15) is 8.42 Å². The highest BCUT2D eigenvalue weighted by Crippen LogP contribution is 2.12. The van der Waals surface area contributed by atoms with Gasteiger partial charge in [0.05, 0.1) is 4.90 Å². The van der Waals surface area contributed by atoms with Gasteiger partial charge in [-0.15, -0.1) is 0 Å². The molecule has 0 aliphatic heterocycles. The molecule has 0 saturated carbocycles. The van der Waals surface area contributed by atoms with Gasteiger partial charge >= 0.3 is 0 Å². The van der Waals surface area contributed by atoms with Crippen LogP contribution in [0.4, 0.5) is 11.6 Å². The van der Waals surface area contributed by atoms with Crippen LogP contribution < -0.4 is 15.8 Å². The minimum atomic E-state index is -3.66. The highest BCUT2D eigenvalue weighted by molar-refractivity contribution is 7.89. The maximum Gasteiger partial charge on any atom is 0.238 e. The fourth-order valence-electron chi connectivity index (χ4n) is 2.42. The summed E-state index contributed by atoms with van der Waals surface area (Å²) in [6.45, 7) is 1.30. The van der Waals surface area contributed by atoms with Crippen LogP contribution in [0.15, 0.2) is 66.1 Å². The van der Waals surface area contributed by atoms with Gasteiger partial charge in [0.15, 0.2) is 0 Å². The minimum Gasteiger partial charge on any atom is -0.370 e. The first-order valence-electron chi connectivity index (χ1n) is 8.31. The number of anilines is 2. The normalized spacial score (nSPS) is 11.1. The summed E-state index contributed by atoms with van der Waals surface area (Å²) in [5, 5.41) is 11.6. The number of nitrogens with one attached hydrogen (secondary N) is 2. The summed E-state index contributed by atoms with van der Waals surface area (Å²) in [4.78, 5) is 12.5. The van der Waals surface area contributed by atoms with E-state index >= 15 is 0 Å². The average molecular weight is 384 g/mol. The van der Waals surface area contributed by atoms with Crippen LogP contribution in [-0.2, 0) is 23.0 Å². The predicted octanol–water partition coefficient (Wildman–Crippen LogP) is 1.79. The fourth-order valence-corrected chi connectivity index (χ4v) is 2.94. The van der Waals surface area contributed by atoms with Crippen molar-refractivity contribution in [2.24, 2.45) is 5.14 Å². The van der Waals surface area contributed by atoms with Crippen molar-refractivity contribution in [1.29, 1.82) is 0 Å². The molecule has 3 rings (SSSR count). The summed E-state index contributed by atoms with van der Waals surface area (Å²) < 4.78 is 22.5. The third-order valence-corrected chi connectivity index (χ3v) is 4.79. The second kappa shape index (κ2) is 8.56. The Kier molecular flexibility index (Phi) is 5.94. The molecular weight excluding hydrogens is 364 g/mol. The van der Waals surface area contributed by atoms with Gasteiger partial charge in [0, 0.05) is 31.5 Å². The van der Waals surface area contributed by atoms with Crippen molar-refractivity contribution in [2.75, 3.05) is 17.2 Å². The van der Waals surface area contributed by atoms with Crippen LogP contribution in [0.1, 0.15) is 11.1 Å². The van der Waals surface area contributed by atoms with Crippen LogP contribution in [0.3, 0.4) is 0 Å². The van der Waals surface area contributed by atoms with E-state index in [1.54, 1.807) is 24.5 Å². The highest BCUT2D eigenvalue weighted by atomic mass is 32.2. The monoisotopic (exact) mass is 384 g/mol. The van der Waals surface area contributed by atoms with E-state index in [-0.39, 0.29) is 4.90 Å². The van der Waals surface area contributed by atoms with E-state index in [1.807, 2.05) is 18.2 Å². The quantitative estimate of drug-likeness (QED) is 0.541. The maximum absolute atomic E-state index is 11.3. The Morgan fingerprint density at radius 3 is 2.22 bits per heavy atom. The molecule has 0 bridgehead atoms. The number of aromatic nitrogens is 3. The molecule has 0 aliphatic rings. The average Bonchev–Trinajstić information content (AvgIpc) is 2.67. The molecule has 3 aromatic rings. The van der Waals surface area contributed by atoms with Crippen molar-refractivity contribution in [3.05, 3.63) is 72.3 Å².